The van der Waals surface area contributed by atoms with E-state index in [4.69, 9.17) is 4.74 Å². The molecule has 1 N–H and O–H groups in total. The number of nitrogens with one attached hydrogen (secondary N) is 1. The van der Waals surface area contributed by atoms with Crippen LogP contribution in [-0.4, -0.2) is 69.3 Å². The number of fused-ring (bicyclic) bond motifs is 1. The Labute approximate surface area is 162 Å². The van der Waals surface area contributed by atoms with Crippen LogP contribution >= 0.6 is 0 Å². The number of hydrogen-bond acceptors (Lipinski definition) is 6. The van der Waals surface area contributed by atoms with E-state index in [1.165, 1.54) is 4.57 Å². The van der Waals surface area contributed by atoms with Crippen LogP contribution in [0.15, 0.2) is 9.59 Å². The second-order valence-corrected chi connectivity index (χ2v) is 6.87. The fourth-order valence-electron chi connectivity index (χ4n) is 3.50. The Kier molecular flexibility index (Phi) is 6.18. The van der Waals surface area contributed by atoms with Crippen LogP contribution in [0.25, 0.3) is 11.2 Å². The molecule has 0 atom stereocenters. The molecule has 1 aliphatic rings. The summed E-state index contributed by atoms with van der Waals surface area (Å²) in [5.74, 6) is 0.801. The molecule has 0 unspecified atom stereocenters. The predicted molar refractivity (Wildman–Crippen MR) is 106 cm³/mol. The summed E-state index contributed by atoms with van der Waals surface area (Å²) in [6.45, 7) is 7.86. The van der Waals surface area contributed by atoms with Crippen LogP contribution in [-0.2, 0) is 23.1 Å². The number of hydrogen-bond donors (Lipinski definition) is 1. The van der Waals surface area contributed by atoms with Gasteiger partial charge in [-0.2, -0.15) is 4.98 Å². The molecule has 10 nitrogen and oxygen atoms in total. The maximum absolute atomic E-state index is 12.5. The van der Waals surface area contributed by atoms with Crippen molar-refractivity contribution in [1.29, 1.82) is 0 Å². The largest absolute Gasteiger partial charge is 0.380 e. The second kappa shape index (κ2) is 8.59. The van der Waals surface area contributed by atoms with Crippen LogP contribution in [0.2, 0.25) is 0 Å². The third kappa shape index (κ3) is 3.82. The third-order valence-electron chi connectivity index (χ3n) is 5.03. The lowest BCUT2D eigenvalue weighted by atomic mass is 10.2. The van der Waals surface area contributed by atoms with Crippen molar-refractivity contribution in [3.8, 4) is 0 Å². The number of carbonyl (C=O) groups is 1. The molecule has 1 fully saturated rings. The van der Waals surface area contributed by atoms with Crippen LogP contribution in [0, 0.1) is 0 Å². The van der Waals surface area contributed by atoms with Gasteiger partial charge >= 0.3 is 5.69 Å². The van der Waals surface area contributed by atoms with E-state index in [0.29, 0.717) is 69.5 Å². The van der Waals surface area contributed by atoms with Crippen molar-refractivity contribution in [3.63, 3.8) is 0 Å². The van der Waals surface area contributed by atoms with E-state index >= 15 is 0 Å². The summed E-state index contributed by atoms with van der Waals surface area (Å²) in [5.41, 5.74) is -0.232. The number of aromatic amines is 1. The fraction of sp³-hybridized carbons (Fsp3) is 0.667. The van der Waals surface area contributed by atoms with Gasteiger partial charge in [0.15, 0.2) is 11.2 Å². The van der Waals surface area contributed by atoms with Gasteiger partial charge in [-0.15, -0.1) is 0 Å². The van der Waals surface area contributed by atoms with Crippen molar-refractivity contribution in [3.05, 3.63) is 20.8 Å². The first-order chi connectivity index (χ1) is 13.5. The molecule has 2 aromatic rings. The first kappa shape index (κ1) is 20.1. The van der Waals surface area contributed by atoms with Gasteiger partial charge in [-0.25, -0.2) is 4.79 Å². The van der Waals surface area contributed by atoms with Crippen LogP contribution < -0.4 is 16.1 Å². The van der Waals surface area contributed by atoms with E-state index in [9.17, 15) is 14.4 Å². The van der Waals surface area contributed by atoms with Gasteiger partial charge in [0.1, 0.15) is 0 Å². The molecule has 3 heterocycles. The van der Waals surface area contributed by atoms with Crippen molar-refractivity contribution in [2.45, 2.75) is 33.2 Å². The Morgan fingerprint density at radius 1 is 1.18 bits per heavy atom. The van der Waals surface area contributed by atoms with Gasteiger partial charge < -0.3 is 19.1 Å². The van der Waals surface area contributed by atoms with Crippen LogP contribution in [0.5, 0.6) is 0 Å². The van der Waals surface area contributed by atoms with Gasteiger partial charge in [-0.3, -0.25) is 19.1 Å². The normalized spacial score (nSPS) is 14.8. The van der Waals surface area contributed by atoms with Crippen LogP contribution in [0.3, 0.4) is 0 Å². The molecule has 1 amide bonds. The number of ether oxygens (including phenoxy) is 1. The van der Waals surface area contributed by atoms with E-state index in [0.717, 1.165) is 6.42 Å². The van der Waals surface area contributed by atoms with E-state index in [2.05, 4.69) is 14.9 Å². The quantitative estimate of drug-likeness (QED) is 0.660. The lowest BCUT2D eigenvalue weighted by molar-refractivity contribution is -0.131. The first-order valence-electron chi connectivity index (χ1n) is 9.77. The molecular formula is C18H28N6O4. The van der Waals surface area contributed by atoms with E-state index < -0.39 is 11.2 Å². The number of piperazine rings is 1. The number of aromatic nitrogens is 4. The van der Waals surface area contributed by atoms with E-state index in [-0.39, 0.29) is 5.91 Å². The van der Waals surface area contributed by atoms with E-state index in [1.54, 1.807) is 7.05 Å². The molecule has 0 aliphatic carbocycles. The minimum absolute atomic E-state index is 0.172. The molecule has 1 aliphatic heterocycles. The lowest BCUT2D eigenvalue weighted by Gasteiger charge is -2.35. The molecule has 0 radical (unpaired) electrons. The van der Waals surface area contributed by atoms with Gasteiger partial charge in [0, 0.05) is 52.8 Å². The average Bonchev–Trinajstić information content (AvgIpc) is 3.07. The zero-order valence-electron chi connectivity index (χ0n) is 16.7. The van der Waals surface area contributed by atoms with Crippen LogP contribution in [0.1, 0.15) is 26.7 Å². The average molecular weight is 392 g/mol. The molecule has 0 bridgehead atoms. The highest BCUT2D eigenvalue weighted by Gasteiger charge is 2.26. The van der Waals surface area contributed by atoms with E-state index in [1.807, 2.05) is 23.3 Å². The Balaban J connectivity index is 1.94. The van der Waals surface area contributed by atoms with Gasteiger partial charge in [0.25, 0.3) is 5.56 Å². The topological polar surface area (TPSA) is 105 Å². The molecule has 3 rings (SSSR count). The molecule has 0 saturated carbocycles. The number of nitrogens with zero attached hydrogens (tertiary/aromatic N) is 5. The van der Waals surface area contributed by atoms with Crippen molar-refractivity contribution in [2.75, 3.05) is 44.3 Å². The fourth-order valence-corrected chi connectivity index (χ4v) is 3.50. The first-order valence-corrected chi connectivity index (χ1v) is 9.77. The summed E-state index contributed by atoms with van der Waals surface area (Å²) in [7, 11) is 1.59. The van der Waals surface area contributed by atoms with Crippen molar-refractivity contribution in [1.82, 2.24) is 24.0 Å². The number of H-pyrrole nitrogens is 1. The smallest absolute Gasteiger partial charge is 0.329 e. The molecule has 154 valence electrons. The molecule has 0 spiro atoms. The van der Waals surface area contributed by atoms with Crippen LogP contribution in [0.4, 0.5) is 5.95 Å². The highest BCUT2D eigenvalue weighted by molar-refractivity contribution is 5.77. The Bertz CT molecular complexity index is 951. The highest BCUT2D eigenvalue weighted by atomic mass is 16.5. The highest BCUT2D eigenvalue weighted by Crippen LogP contribution is 2.21. The van der Waals surface area contributed by atoms with Gasteiger partial charge in [0.05, 0.1) is 6.61 Å². The lowest BCUT2D eigenvalue weighted by Crippen LogP contribution is -2.49. The molecular weight excluding hydrogens is 364 g/mol. The summed E-state index contributed by atoms with van der Waals surface area (Å²) >= 11 is 0. The van der Waals surface area contributed by atoms with Crippen molar-refractivity contribution < 1.29 is 9.53 Å². The summed E-state index contributed by atoms with van der Waals surface area (Å²) < 4.78 is 8.62. The SMILES string of the molecule is CCCC(=O)N1CCN(c2nc3c(c(=O)[nH]c(=O)n3C)n2CCOCC)CC1. The van der Waals surface area contributed by atoms with Gasteiger partial charge in [-0.1, -0.05) is 6.92 Å². The zero-order valence-corrected chi connectivity index (χ0v) is 16.7. The molecule has 28 heavy (non-hydrogen) atoms. The minimum Gasteiger partial charge on any atom is -0.380 e. The summed E-state index contributed by atoms with van der Waals surface area (Å²) in [6.07, 6.45) is 1.40. The Morgan fingerprint density at radius 2 is 1.89 bits per heavy atom. The maximum atomic E-state index is 12.5. The Hall–Kier alpha value is -2.62. The number of rotatable bonds is 7. The maximum Gasteiger partial charge on any atom is 0.329 e. The third-order valence-corrected chi connectivity index (χ3v) is 5.03. The van der Waals surface area contributed by atoms with Crippen molar-refractivity contribution in [2.24, 2.45) is 7.05 Å². The number of carbonyl (C=O) groups excluding carboxylic acids is 1. The van der Waals surface area contributed by atoms with Gasteiger partial charge in [0.2, 0.25) is 11.9 Å². The molecule has 0 aromatic carbocycles. The number of imidazole rings is 1. The number of amides is 1. The molecule has 2 aromatic heterocycles. The minimum atomic E-state index is -0.492. The molecule has 1 saturated heterocycles. The second-order valence-electron chi connectivity index (χ2n) is 6.87. The Morgan fingerprint density at radius 3 is 2.54 bits per heavy atom. The monoisotopic (exact) mass is 392 g/mol. The standard InChI is InChI=1S/C18H28N6O4/c1-4-6-13(25)22-7-9-23(10-8-22)17-19-15-14(24(17)11-12-28-5-2)16(26)20-18(27)21(15)3/h4-12H2,1-3H3,(H,20,26,27). The number of anilines is 1. The molecule has 10 heteroatoms. The summed E-state index contributed by atoms with van der Waals surface area (Å²) in [6, 6.07) is 0. The summed E-state index contributed by atoms with van der Waals surface area (Å²) in [4.78, 5) is 47.5. The van der Waals surface area contributed by atoms with Crippen molar-refractivity contribution >= 4 is 23.0 Å². The summed E-state index contributed by atoms with van der Waals surface area (Å²) in [5, 5.41) is 0. The number of aryl methyl sites for hydroxylation is 1. The van der Waals surface area contributed by atoms with Gasteiger partial charge in [-0.05, 0) is 13.3 Å². The predicted octanol–water partition coefficient (Wildman–Crippen LogP) is -0.0915. The zero-order chi connectivity index (χ0) is 20.3.